The van der Waals surface area contributed by atoms with E-state index < -0.39 is 17.8 Å². The van der Waals surface area contributed by atoms with Gasteiger partial charge in [0, 0.05) is 23.7 Å². The Labute approximate surface area is 184 Å². The van der Waals surface area contributed by atoms with E-state index >= 15 is 0 Å². The minimum Gasteiger partial charge on any atom is -0.354 e. The highest BCUT2D eigenvalue weighted by Crippen LogP contribution is 2.25. The monoisotopic (exact) mass is 458 g/mol. The molecule has 1 N–H and O–H groups in total. The van der Waals surface area contributed by atoms with E-state index in [2.05, 4.69) is 5.32 Å². The maximum atomic E-state index is 14.2. The summed E-state index contributed by atoms with van der Waals surface area (Å²) in [6.07, 6.45) is 0.502. The topological polar surface area (TPSA) is 49.4 Å². The fourth-order valence-electron chi connectivity index (χ4n) is 2.77. The van der Waals surface area contributed by atoms with Gasteiger partial charge in [0.05, 0.1) is 16.5 Å². The molecule has 0 radical (unpaired) electrons. The first kappa shape index (κ1) is 23.5. The summed E-state index contributed by atoms with van der Waals surface area (Å²) in [6.45, 7) is 4.17. The van der Waals surface area contributed by atoms with E-state index in [-0.39, 0.29) is 29.5 Å². The number of hydrogen-bond donors (Lipinski definition) is 1. The van der Waals surface area contributed by atoms with Crippen LogP contribution >= 0.6 is 34.8 Å². The molecule has 0 spiro atoms. The van der Waals surface area contributed by atoms with Crippen LogP contribution in [0.2, 0.25) is 15.1 Å². The molecular formula is C21H22Cl3FN2O2. The number of carbonyl (C=O) groups is 2. The minimum atomic E-state index is -0.769. The first-order valence-corrected chi connectivity index (χ1v) is 10.3. The maximum absolute atomic E-state index is 14.2. The maximum Gasteiger partial charge on any atom is 0.242 e. The molecule has 2 aromatic carbocycles. The average molecular weight is 460 g/mol. The largest absolute Gasteiger partial charge is 0.354 e. The number of hydrogen-bond acceptors (Lipinski definition) is 2. The van der Waals surface area contributed by atoms with E-state index in [9.17, 15) is 14.0 Å². The van der Waals surface area contributed by atoms with Crippen molar-refractivity contribution in [1.29, 1.82) is 0 Å². The Morgan fingerprint density at radius 1 is 1.10 bits per heavy atom. The highest BCUT2D eigenvalue weighted by Gasteiger charge is 2.27. The van der Waals surface area contributed by atoms with Gasteiger partial charge in [0.25, 0.3) is 0 Å². The van der Waals surface area contributed by atoms with E-state index in [0.29, 0.717) is 22.2 Å². The number of benzene rings is 2. The predicted molar refractivity (Wildman–Crippen MR) is 115 cm³/mol. The standard InChI is InChI=1S/C21H22Cl3FN2O2/c1-3-9-26-21(29)13(2)27(12-14-7-8-17(23)18(24)10-14)20(28)11-15-16(22)5-4-6-19(15)25/h4-8,10,13H,3,9,11-12H2,1-2H3,(H,26,29)/t13-/m1/s1. The second-order valence-corrected chi connectivity index (χ2v) is 7.84. The molecule has 0 saturated heterocycles. The zero-order valence-electron chi connectivity index (χ0n) is 16.1. The fourth-order valence-corrected chi connectivity index (χ4v) is 3.32. The van der Waals surface area contributed by atoms with Gasteiger partial charge in [-0.1, -0.05) is 53.9 Å². The third kappa shape index (κ3) is 6.33. The lowest BCUT2D eigenvalue weighted by Gasteiger charge is -2.29. The summed E-state index contributed by atoms with van der Waals surface area (Å²) in [6, 6.07) is 8.45. The third-order valence-electron chi connectivity index (χ3n) is 4.44. The molecule has 0 aromatic heterocycles. The molecule has 2 rings (SSSR count). The molecule has 1 atom stereocenters. The third-order valence-corrected chi connectivity index (χ3v) is 5.54. The molecule has 0 unspecified atom stereocenters. The molecule has 4 nitrogen and oxygen atoms in total. The van der Waals surface area contributed by atoms with Crippen LogP contribution < -0.4 is 5.32 Å². The van der Waals surface area contributed by atoms with Crippen molar-refractivity contribution in [2.24, 2.45) is 0 Å². The molecule has 0 aliphatic carbocycles. The van der Waals surface area contributed by atoms with Gasteiger partial charge >= 0.3 is 0 Å². The highest BCUT2D eigenvalue weighted by molar-refractivity contribution is 6.42. The number of amides is 2. The molecule has 8 heteroatoms. The van der Waals surface area contributed by atoms with Gasteiger partial charge < -0.3 is 10.2 Å². The zero-order chi connectivity index (χ0) is 21.6. The Kier molecular flexibility index (Phi) is 8.75. The molecular weight excluding hydrogens is 438 g/mol. The van der Waals surface area contributed by atoms with Gasteiger partial charge in [-0.25, -0.2) is 4.39 Å². The summed E-state index contributed by atoms with van der Waals surface area (Å²) in [5, 5.41) is 3.68. The van der Waals surface area contributed by atoms with Crippen molar-refractivity contribution in [3.63, 3.8) is 0 Å². The van der Waals surface area contributed by atoms with Crippen LogP contribution in [0.25, 0.3) is 0 Å². The summed E-state index contributed by atoms with van der Waals surface area (Å²) in [5.41, 5.74) is 0.794. The average Bonchev–Trinajstić information content (AvgIpc) is 2.69. The van der Waals surface area contributed by atoms with Crippen molar-refractivity contribution in [1.82, 2.24) is 10.2 Å². The molecule has 0 aliphatic heterocycles. The predicted octanol–water partition coefficient (Wildman–Crippen LogP) is 5.27. The normalized spacial score (nSPS) is 11.8. The molecule has 2 aromatic rings. The lowest BCUT2D eigenvalue weighted by atomic mass is 10.1. The summed E-state index contributed by atoms with van der Waals surface area (Å²) in [5.74, 6) is -1.29. The quantitative estimate of drug-likeness (QED) is 0.584. The molecule has 29 heavy (non-hydrogen) atoms. The number of nitrogens with one attached hydrogen (secondary N) is 1. The van der Waals surface area contributed by atoms with Gasteiger partial charge in [0.2, 0.25) is 11.8 Å². The van der Waals surface area contributed by atoms with Crippen LogP contribution in [0.4, 0.5) is 4.39 Å². The van der Waals surface area contributed by atoms with Crippen LogP contribution in [-0.2, 0) is 22.6 Å². The van der Waals surface area contributed by atoms with E-state index in [1.165, 1.54) is 23.1 Å². The van der Waals surface area contributed by atoms with Crippen molar-refractivity contribution >= 4 is 46.6 Å². The van der Waals surface area contributed by atoms with E-state index in [0.717, 1.165) is 6.42 Å². The first-order chi connectivity index (χ1) is 13.7. The smallest absolute Gasteiger partial charge is 0.242 e. The Morgan fingerprint density at radius 2 is 1.83 bits per heavy atom. The van der Waals surface area contributed by atoms with Crippen LogP contribution in [0, 0.1) is 5.82 Å². The number of nitrogens with zero attached hydrogens (tertiary/aromatic N) is 1. The van der Waals surface area contributed by atoms with Crippen molar-refractivity contribution in [3.05, 3.63) is 68.4 Å². The highest BCUT2D eigenvalue weighted by atomic mass is 35.5. The minimum absolute atomic E-state index is 0.0967. The Hall–Kier alpha value is -1.82. The van der Waals surface area contributed by atoms with Gasteiger partial charge in [0.15, 0.2) is 0 Å². The molecule has 2 amide bonds. The van der Waals surface area contributed by atoms with E-state index in [1.807, 2.05) is 6.92 Å². The van der Waals surface area contributed by atoms with Crippen LogP contribution in [0.3, 0.4) is 0 Å². The number of halogens is 4. The van der Waals surface area contributed by atoms with Crippen LogP contribution in [-0.4, -0.2) is 29.3 Å². The summed E-state index contributed by atoms with van der Waals surface area (Å²) >= 11 is 18.1. The summed E-state index contributed by atoms with van der Waals surface area (Å²) in [7, 11) is 0. The molecule has 0 heterocycles. The van der Waals surface area contributed by atoms with Gasteiger partial charge in [-0.3, -0.25) is 9.59 Å². The van der Waals surface area contributed by atoms with Gasteiger partial charge in [-0.2, -0.15) is 0 Å². The number of carbonyl (C=O) groups excluding carboxylic acids is 2. The van der Waals surface area contributed by atoms with Crippen LogP contribution in [0.5, 0.6) is 0 Å². The summed E-state index contributed by atoms with van der Waals surface area (Å²) < 4.78 is 14.2. The number of rotatable bonds is 8. The van der Waals surface area contributed by atoms with Crippen molar-refractivity contribution < 1.29 is 14.0 Å². The van der Waals surface area contributed by atoms with E-state index in [4.69, 9.17) is 34.8 Å². The molecule has 0 fully saturated rings. The second-order valence-electron chi connectivity index (χ2n) is 6.61. The van der Waals surface area contributed by atoms with Crippen LogP contribution in [0.15, 0.2) is 36.4 Å². The zero-order valence-corrected chi connectivity index (χ0v) is 18.4. The fraction of sp³-hybridized carbons (Fsp3) is 0.333. The Bertz CT molecular complexity index is 872. The molecule has 0 saturated carbocycles. The SMILES string of the molecule is CCCNC(=O)[C@@H](C)N(Cc1ccc(Cl)c(Cl)c1)C(=O)Cc1c(F)cccc1Cl. The van der Waals surface area contributed by atoms with Crippen molar-refractivity contribution in [3.8, 4) is 0 Å². The first-order valence-electron chi connectivity index (χ1n) is 9.18. The van der Waals surface area contributed by atoms with Crippen molar-refractivity contribution in [2.45, 2.75) is 39.3 Å². The Balaban J connectivity index is 2.30. The van der Waals surface area contributed by atoms with E-state index in [1.54, 1.807) is 25.1 Å². The van der Waals surface area contributed by atoms with Gasteiger partial charge in [0.1, 0.15) is 11.9 Å². The summed E-state index contributed by atoms with van der Waals surface area (Å²) in [4.78, 5) is 26.9. The van der Waals surface area contributed by atoms with Gasteiger partial charge in [-0.05, 0) is 43.2 Å². The Morgan fingerprint density at radius 3 is 2.45 bits per heavy atom. The lowest BCUT2D eigenvalue weighted by molar-refractivity contribution is -0.140. The second kappa shape index (κ2) is 10.8. The van der Waals surface area contributed by atoms with Crippen molar-refractivity contribution in [2.75, 3.05) is 6.54 Å². The molecule has 0 aliphatic rings. The van der Waals surface area contributed by atoms with Crippen LogP contribution in [0.1, 0.15) is 31.4 Å². The lowest BCUT2D eigenvalue weighted by Crippen LogP contribution is -2.48. The molecule has 156 valence electrons. The van der Waals surface area contributed by atoms with Gasteiger partial charge in [-0.15, -0.1) is 0 Å². The molecule has 0 bridgehead atoms.